The van der Waals surface area contributed by atoms with E-state index >= 15 is 0 Å². The van der Waals surface area contributed by atoms with Gasteiger partial charge in [-0.1, -0.05) is 28.1 Å². The second kappa shape index (κ2) is 9.14. The molecule has 0 atom stereocenters. The monoisotopic (exact) mass is 445 g/mol. The number of aryl methyl sites for hydroxylation is 1. The number of benzene rings is 2. The minimum atomic E-state index is -0.625. The molecule has 3 rings (SSSR count). The van der Waals surface area contributed by atoms with Crippen molar-refractivity contribution in [1.82, 2.24) is 10.2 Å². The number of ether oxygens (including phenoxy) is 2. The van der Waals surface area contributed by atoms with E-state index in [0.29, 0.717) is 11.6 Å². The van der Waals surface area contributed by atoms with Crippen molar-refractivity contribution in [2.24, 2.45) is 0 Å². The molecule has 0 aliphatic rings. The van der Waals surface area contributed by atoms with E-state index in [1.165, 1.54) is 0 Å². The molecule has 144 valence electrons. The predicted molar refractivity (Wildman–Crippen MR) is 103 cm³/mol. The second-order valence-electron chi connectivity index (χ2n) is 5.63. The highest BCUT2D eigenvalue weighted by molar-refractivity contribution is 9.10. The summed E-state index contributed by atoms with van der Waals surface area (Å²) < 4.78 is 16.7. The third-order valence-corrected chi connectivity index (χ3v) is 4.02. The number of nitrogens with one attached hydrogen (secondary N) is 1. The Kier molecular flexibility index (Phi) is 6.38. The second-order valence-corrected chi connectivity index (χ2v) is 6.55. The average molecular weight is 446 g/mol. The minimum absolute atomic E-state index is 0.155. The SMILES string of the molecule is Cc1nnc(COC(=O)c2ccccc2OCC(=O)Nc2ccc(Br)cc2)o1. The van der Waals surface area contributed by atoms with Crippen molar-refractivity contribution in [3.8, 4) is 5.75 Å². The molecule has 0 aliphatic heterocycles. The highest BCUT2D eigenvalue weighted by Crippen LogP contribution is 2.20. The molecule has 1 amide bonds. The molecular weight excluding hydrogens is 430 g/mol. The van der Waals surface area contributed by atoms with Crippen molar-refractivity contribution in [3.05, 3.63) is 70.3 Å². The van der Waals surface area contributed by atoms with Crippen LogP contribution < -0.4 is 10.1 Å². The van der Waals surface area contributed by atoms with E-state index in [1.807, 2.05) is 12.1 Å². The third-order valence-electron chi connectivity index (χ3n) is 3.49. The van der Waals surface area contributed by atoms with Gasteiger partial charge in [0, 0.05) is 17.1 Å². The van der Waals surface area contributed by atoms with Gasteiger partial charge in [0.1, 0.15) is 11.3 Å². The van der Waals surface area contributed by atoms with Gasteiger partial charge in [-0.25, -0.2) is 4.79 Å². The number of hydrogen-bond acceptors (Lipinski definition) is 7. The molecule has 1 heterocycles. The first kappa shape index (κ1) is 19.6. The first-order valence-corrected chi connectivity index (χ1v) is 9.04. The van der Waals surface area contributed by atoms with Crippen LogP contribution in [-0.4, -0.2) is 28.7 Å². The molecule has 0 aliphatic carbocycles. The molecule has 1 aromatic heterocycles. The first-order valence-electron chi connectivity index (χ1n) is 8.24. The normalized spacial score (nSPS) is 10.4. The lowest BCUT2D eigenvalue weighted by molar-refractivity contribution is -0.118. The molecule has 0 radical (unpaired) electrons. The lowest BCUT2D eigenvalue weighted by Crippen LogP contribution is -2.21. The summed E-state index contributed by atoms with van der Waals surface area (Å²) >= 11 is 3.33. The van der Waals surface area contributed by atoms with E-state index in [1.54, 1.807) is 43.3 Å². The van der Waals surface area contributed by atoms with Crippen molar-refractivity contribution in [3.63, 3.8) is 0 Å². The number of nitrogens with zero attached hydrogens (tertiary/aromatic N) is 2. The highest BCUT2D eigenvalue weighted by atomic mass is 79.9. The molecular formula is C19H16BrN3O5. The summed E-state index contributed by atoms with van der Waals surface area (Å²) in [6, 6.07) is 13.6. The molecule has 3 aromatic rings. The number of rotatable bonds is 7. The number of para-hydroxylation sites is 1. The zero-order valence-electron chi connectivity index (χ0n) is 14.8. The van der Waals surface area contributed by atoms with Gasteiger partial charge in [0.15, 0.2) is 13.2 Å². The summed E-state index contributed by atoms with van der Waals surface area (Å²) in [7, 11) is 0. The van der Waals surface area contributed by atoms with E-state index < -0.39 is 5.97 Å². The lowest BCUT2D eigenvalue weighted by atomic mass is 10.2. The number of carbonyl (C=O) groups excluding carboxylic acids is 2. The van der Waals surface area contributed by atoms with Gasteiger partial charge in [-0.05, 0) is 36.4 Å². The van der Waals surface area contributed by atoms with Crippen LogP contribution >= 0.6 is 15.9 Å². The van der Waals surface area contributed by atoms with Crippen LogP contribution in [0.25, 0.3) is 0 Å². The van der Waals surface area contributed by atoms with Gasteiger partial charge in [-0.2, -0.15) is 0 Å². The van der Waals surface area contributed by atoms with Crippen LogP contribution in [0.3, 0.4) is 0 Å². The molecule has 1 N–H and O–H groups in total. The van der Waals surface area contributed by atoms with Crippen LogP contribution in [0.15, 0.2) is 57.4 Å². The maximum Gasteiger partial charge on any atom is 0.342 e. The van der Waals surface area contributed by atoms with Crippen molar-refractivity contribution < 1.29 is 23.5 Å². The van der Waals surface area contributed by atoms with E-state index in [9.17, 15) is 9.59 Å². The Labute approximate surface area is 169 Å². The van der Waals surface area contributed by atoms with Crippen LogP contribution in [0.4, 0.5) is 5.69 Å². The van der Waals surface area contributed by atoms with Gasteiger partial charge in [0.25, 0.3) is 11.8 Å². The van der Waals surface area contributed by atoms with Crippen molar-refractivity contribution in [1.29, 1.82) is 0 Å². The van der Waals surface area contributed by atoms with Crippen LogP contribution in [0.1, 0.15) is 22.1 Å². The van der Waals surface area contributed by atoms with Crippen molar-refractivity contribution in [2.75, 3.05) is 11.9 Å². The molecule has 0 spiro atoms. The van der Waals surface area contributed by atoms with E-state index in [4.69, 9.17) is 13.9 Å². The van der Waals surface area contributed by atoms with Gasteiger partial charge in [0.2, 0.25) is 5.89 Å². The Morgan fingerprint density at radius 1 is 1.11 bits per heavy atom. The van der Waals surface area contributed by atoms with Gasteiger partial charge >= 0.3 is 5.97 Å². The van der Waals surface area contributed by atoms with Crippen LogP contribution in [0.5, 0.6) is 5.75 Å². The van der Waals surface area contributed by atoms with Crippen molar-refractivity contribution in [2.45, 2.75) is 13.5 Å². The zero-order chi connectivity index (χ0) is 19.9. The number of esters is 1. The summed E-state index contributed by atoms with van der Waals surface area (Å²) in [6.07, 6.45) is 0. The molecule has 28 heavy (non-hydrogen) atoms. The molecule has 9 heteroatoms. The highest BCUT2D eigenvalue weighted by Gasteiger charge is 2.16. The lowest BCUT2D eigenvalue weighted by Gasteiger charge is -2.11. The number of halogens is 1. The summed E-state index contributed by atoms with van der Waals surface area (Å²) in [6.45, 7) is 1.22. The number of aromatic nitrogens is 2. The average Bonchev–Trinajstić information content (AvgIpc) is 3.12. The fourth-order valence-electron chi connectivity index (χ4n) is 2.24. The van der Waals surface area contributed by atoms with Crippen LogP contribution in [0.2, 0.25) is 0 Å². The summed E-state index contributed by atoms with van der Waals surface area (Å²) in [5, 5.41) is 10.1. The topological polar surface area (TPSA) is 104 Å². The molecule has 8 nitrogen and oxygen atoms in total. The van der Waals surface area contributed by atoms with Crippen molar-refractivity contribution >= 4 is 33.5 Å². The Balaban J connectivity index is 1.57. The number of carbonyl (C=O) groups is 2. The minimum Gasteiger partial charge on any atom is -0.483 e. The Hall–Kier alpha value is -3.20. The molecule has 0 fully saturated rings. The smallest absolute Gasteiger partial charge is 0.342 e. The summed E-state index contributed by atoms with van der Waals surface area (Å²) in [5.41, 5.74) is 0.828. The maximum absolute atomic E-state index is 12.3. The molecule has 2 aromatic carbocycles. The number of hydrogen-bond donors (Lipinski definition) is 1. The zero-order valence-corrected chi connectivity index (χ0v) is 16.4. The summed E-state index contributed by atoms with van der Waals surface area (Å²) in [4.78, 5) is 24.4. The quantitative estimate of drug-likeness (QED) is 0.554. The van der Waals surface area contributed by atoms with Gasteiger partial charge in [0.05, 0.1) is 0 Å². The fourth-order valence-corrected chi connectivity index (χ4v) is 2.50. The maximum atomic E-state index is 12.3. The van der Waals surface area contributed by atoms with E-state index in [-0.39, 0.29) is 36.3 Å². The van der Waals surface area contributed by atoms with Gasteiger partial charge in [-0.15, -0.1) is 10.2 Å². The van der Waals surface area contributed by atoms with Gasteiger partial charge < -0.3 is 19.2 Å². The third kappa shape index (κ3) is 5.40. The standard InChI is InChI=1S/C19H16BrN3O5/c1-12-22-23-18(28-12)11-27-19(25)15-4-2-3-5-16(15)26-10-17(24)21-14-8-6-13(20)7-9-14/h2-9H,10-11H2,1H3,(H,21,24). The van der Waals surface area contributed by atoms with E-state index in [2.05, 4.69) is 31.4 Å². The number of amides is 1. The molecule has 0 bridgehead atoms. The Morgan fingerprint density at radius 3 is 2.57 bits per heavy atom. The van der Waals surface area contributed by atoms with Gasteiger partial charge in [-0.3, -0.25) is 4.79 Å². The molecule has 0 unspecified atom stereocenters. The van der Waals surface area contributed by atoms with Crippen LogP contribution in [0, 0.1) is 6.92 Å². The van der Waals surface area contributed by atoms with Crippen LogP contribution in [-0.2, 0) is 16.1 Å². The first-order chi connectivity index (χ1) is 13.5. The number of anilines is 1. The largest absolute Gasteiger partial charge is 0.483 e. The summed E-state index contributed by atoms with van der Waals surface area (Å²) in [5.74, 6) is -0.170. The molecule has 0 saturated carbocycles. The Bertz CT molecular complexity index is 972. The van der Waals surface area contributed by atoms with E-state index in [0.717, 1.165) is 4.47 Å². The molecule has 0 saturated heterocycles. The fraction of sp³-hybridized carbons (Fsp3) is 0.158. The predicted octanol–water partition coefficient (Wildman–Crippen LogP) is 3.52. The Morgan fingerprint density at radius 2 is 1.86 bits per heavy atom.